The predicted octanol–water partition coefficient (Wildman–Crippen LogP) is 7.14. The quantitative estimate of drug-likeness (QED) is 0.273. The summed E-state index contributed by atoms with van der Waals surface area (Å²) in [6.07, 6.45) is 1.48. The average molecular weight is 554 g/mol. The summed E-state index contributed by atoms with van der Waals surface area (Å²) in [5, 5.41) is 2.30. The maximum Gasteiger partial charge on any atom is 0.494 e. The number of likely N-dealkylation sites (tertiary alicyclic amines) is 1. The zero-order chi connectivity index (χ0) is 29.3. The summed E-state index contributed by atoms with van der Waals surface area (Å²) in [7, 11) is -0.379. The maximum atomic E-state index is 13.0. The Kier molecular flexibility index (Phi) is 6.51. The third-order valence-corrected chi connectivity index (χ3v) is 8.81. The molecule has 4 aromatic rings. The molecule has 214 valence electrons. The van der Waals surface area contributed by atoms with Crippen LogP contribution < -0.4 is 5.46 Å². The van der Waals surface area contributed by atoms with Gasteiger partial charge in [0.15, 0.2) is 0 Å². The zero-order valence-electron chi connectivity index (χ0n) is 25.4. The van der Waals surface area contributed by atoms with Crippen LogP contribution in [0.25, 0.3) is 32.9 Å². The van der Waals surface area contributed by atoms with Crippen LogP contribution in [0.5, 0.6) is 0 Å². The number of carbonyl (C=O) groups is 1. The number of aromatic amines is 1. The summed E-state index contributed by atoms with van der Waals surface area (Å²) >= 11 is 0. The van der Waals surface area contributed by atoms with Crippen molar-refractivity contribution in [2.24, 2.45) is 0 Å². The van der Waals surface area contributed by atoms with Crippen LogP contribution in [0.3, 0.4) is 0 Å². The fourth-order valence-corrected chi connectivity index (χ4v) is 5.81. The molecule has 0 radical (unpaired) electrons. The average Bonchev–Trinajstić information content (AvgIpc) is 3.54. The molecule has 41 heavy (non-hydrogen) atoms. The van der Waals surface area contributed by atoms with E-state index in [9.17, 15) is 4.79 Å². The van der Waals surface area contributed by atoms with Crippen LogP contribution in [-0.4, -0.2) is 50.9 Å². The van der Waals surface area contributed by atoms with Crippen LogP contribution in [-0.2, 0) is 14.0 Å². The predicted molar refractivity (Wildman–Crippen MR) is 164 cm³/mol. The van der Waals surface area contributed by atoms with E-state index in [2.05, 4.69) is 88.1 Å². The minimum atomic E-state index is -0.542. The number of rotatable bonds is 3. The van der Waals surface area contributed by atoms with E-state index in [1.54, 1.807) is 0 Å². The van der Waals surface area contributed by atoms with Gasteiger partial charge in [-0.25, -0.2) is 9.78 Å². The first-order valence-corrected chi connectivity index (χ1v) is 14.6. The van der Waals surface area contributed by atoms with Crippen LogP contribution in [0.2, 0.25) is 0 Å². The van der Waals surface area contributed by atoms with Gasteiger partial charge in [-0.05, 0) is 114 Å². The molecule has 1 aromatic heterocycles. The summed E-state index contributed by atoms with van der Waals surface area (Å²) in [4.78, 5) is 23.3. The van der Waals surface area contributed by atoms with E-state index in [1.165, 1.54) is 0 Å². The minimum Gasteiger partial charge on any atom is -0.444 e. The molecular formula is C33H40BN3O4. The Morgan fingerprint density at radius 2 is 1.59 bits per heavy atom. The number of hydrogen-bond donors (Lipinski definition) is 1. The Bertz CT molecular complexity index is 1620. The first-order chi connectivity index (χ1) is 19.2. The van der Waals surface area contributed by atoms with Gasteiger partial charge >= 0.3 is 13.2 Å². The van der Waals surface area contributed by atoms with Crippen molar-refractivity contribution in [3.8, 4) is 11.1 Å². The van der Waals surface area contributed by atoms with Crippen LogP contribution in [0.1, 0.15) is 80.1 Å². The topological polar surface area (TPSA) is 76.7 Å². The fraction of sp³-hybridized carbons (Fsp3) is 0.455. The summed E-state index contributed by atoms with van der Waals surface area (Å²) < 4.78 is 18.2. The lowest BCUT2D eigenvalue weighted by Gasteiger charge is -2.32. The molecular weight excluding hydrogens is 513 g/mol. The molecule has 1 amide bonds. The lowest BCUT2D eigenvalue weighted by molar-refractivity contribution is 0.00578. The second kappa shape index (κ2) is 9.60. The van der Waals surface area contributed by atoms with E-state index in [0.717, 1.165) is 57.1 Å². The van der Waals surface area contributed by atoms with E-state index in [-0.39, 0.29) is 36.5 Å². The van der Waals surface area contributed by atoms with Gasteiger partial charge in [0.1, 0.15) is 11.4 Å². The third kappa shape index (κ3) is 5.12. The molecule has 6 rings (SSSR count). The monoisotopic (exact) mass is 553 g/mol. The summed E-state index contributed by atoms with van der Waals surface area (Å²) in [6, 6.07) is 19.2. The second-order valence-corrected chi connectivity index (χ2v) is 13.6. The number of fused-ring (bicyclic) bond motifs is 2. The molecule has 2 atom stereocenters. The van der Waals surface area contributed by atoms with Gasteiger partial charge in [-0.3, -0.25) is 4.90 Å². The van der Waals surface area contributed by atoms with Crippen molar-refractivity contribution in [2.75, 3.05) is 0 Å². The van der Waals surface area contributed by atoms with E-state index >= 15 is 0 Å². The molecule has 2 aliphatic rings. The molecule has 0 bridgehead atoms. The maximum absolute atomic E-state index is 13.0. The largest absolute Gasteiger partial charge is 0.494 e. The molecule has 0 unspecified atom stereocenters. The first kappa shape index (κ1) is 27.8. The van der Waals surface area contributed by atoms with Gasteiger partial charge in [-0.1, -0.05) is 36.4 Å². The van der Waals surface area contributed by atoms with Crippen molar-refractivity contribution < 1.29 is 18.8 Å². The van der Waals surface area contributed by atoms with Crippen molar-refractivity contribution >= 4 is 40.5 Å². The molecule has 2 fully saturated rings. The molecule has 3 aromatic carbocycles. The van der Waals surface area contributed by atoms with E-state index < -0.39 is 5.60 Å². The Morgan fingerprint density at radius 3 is 2.29 bits per heavy atom. The van der Waals surface area contributed by atoms with Gasteiger partial charge in [-0.2, -0.15) is 0 Å². The van der Waals surface area contributed by atoms with Crippen LogP contribution in [0, 0.1) is 0 Å². The van der Waals surface area contributed by atoms with Gasteiger partial charge in [-0.15, -0.1) is 0 Å². The molecule has 0 aliphatic carbocycles. The summed E-state index contributed by atoms with van der Waals surface area (Å²) in [5.41, 5.74) is 3.82. The van der Waals surface area contributed by atoms with Gasteiger partial charge in [0.05, 0.1) is 28.3 Å². The number of H-pyrrole nitrogens is 1. The lowest BCUT2D eigenvalue weighted by atomic mass is 9.78. The number of imidazole rings is 1. The van der Waals surface area contributed by atoms with E-state index in [0.29, 0.717) is 0 Å². The summed E-state index contributed by atoms with van der Waals surface area (Å²) in [6.45, 7) is 16.1. The van der Waals surface area contributed by atoms with Gasteiger partial charge < -0.3 is 19.0 Å². The van der Waals surface area contributed by atoms with Crippen molar-refractivity contribution in [3.63, 3.8) is 0 Å². The number of amides is 1. The Balaban J connectivity index is 1.26. The molecule has 2 aliphatic heterocycles. The van der Waals surface area contributed by atoms with Crippen LogP contribution >= 0.6 is 0 Å². The van der Waals surface area contributed by atoms with E-state index in [1.807, 2.05) is 31.7 Å². The Hall–Kier alpha value is -3.36. The molecule has 0 saturated carbocycles. The lowest BCUT2D eigenvalue weighted by Crippen LogP contribution is -2.41. The molecule has 3 heterocycles. The molecule has 8 heteroatoms. The van der Waals surface area contributed by atoms with Crippen molar-refractivity contribution in [1.29, 1.82) is 0 Å². The number of benzene rings is 3. The molecule has 7 nitrogen and oxygen atoms in total. The Labute approximate surface area is 242 Å². The number of hydrogen-bond acceptors (Lipinski definition) is 5. The molecule has 2 saturated heterocycles. The second-order valence-electron chi connectivity index (χ2n) is 13.6. The standard InChI is InChI=1S/C33H40BN3O4/c1-20-9-16-28(37(20)30(38)39-31(2,3)4)29-35-26-15-13-24(19-27(26)36-29)21-10-11-23-18-25(14-12-22(23)17-21)34-40-32(5,6)33(7,8)41-34/h10-15,17-20,28H,9,16H2,1-8H3,(H,35,36)/t20-,28+/m1/s1. The first-order valence-electron chi connectivity index (χ1n) is 14.6. The highest BCUT2D eigenvalue weighted by molar-refractivity contribution is 6.62. The normalized spacial score (nSPS) is 22.1. The number of aromatic nitrogens is 2. The van der Waals surface area contributed by atoms with Crippen LogP contribution in [0.15, 0.2) is 54.6 Å². The van der Waals surface area contributed by atoms with Gasteiger partial charge in [0.2, 0.25) is 0 Å². The van der Waals surface area contributed by atoms with E-state index in [4.69, 9.17) is 19.0 Å². The molecule has 0 spiro atoms. The minimum absolute atomic E-state index is 0.0986. The highest BCUT2D eigenvalue weighted by atomic mass is 16.7. The zero-order valence-corrected chi connectivity index (χ0v) is 25.4. The number of carbonyl (C=O) groups excluding carboxylic acids is 1. The SMILES string of the molecule is C[C@@H]1CC[C@@H](c2nc3ccc(-c4ccc5cc(B6OC(C)(C)C(C)(C)O6)ccc5c4)cc3[nH]2)N1C(=O)OC(C)(C)C. The third-order valence-electron chi connectivity index (χ3n) is 8.81. The van der Waals surface area contributed by atoms with Gasteiger partial charge in [0, 0.05) is 6.04 Å². The number of ether oxygens (including phenoxy) is 1. The number of nitrogens with zero attached hydrogens (tertiary/aromatic N) is 2. The number of nitrogens with one attached hydrogen (secondary N) is 1. The Morgan fingerprint density at radius 1 is 0.951 bits per heavy atom. The van der Waals surface area contributed by atoms with Crippen molar-refractivity contribution in [3.05, 3.63) is 60.4 Å². The van der Waals surface area contributed by atoms with Crippen LogP contribution in [0.4, 0.5) is 4.79 Å². The fourth-order valence-electron chi connectivity index (χ4n) is 5.81. The van der Waals surface area contributed by atoms with Crippen molar-refractivity contribution in [1.82, 2.24) is 14.9 Å². The highest BCUT2D eigenvalue weighted by Gasteiger charge is 2.51. The summed E-state index contributed by atoms with van der Waals surface area (Å²) in [5.74, 6) is 0.807. The smallest absolute Gasteiger partial charge is 0.444 e. The molecule has 1 N–H and O–H groups in total. The van der Waals surface area contributed by atoms with Gasteiger partial charge in [0.25, 0.3) is 0 Å². The van der Waals surface area contributed by atoms with Crippen molar-refractivity contribution in [2.45, 2.75) is 97.1 Å². The highest BCUT2D eigenvalue weighted by Crippen LogP contribution is 2.38.